The lowest BCUT2D eigenvalue weighted by atomic mass is 9.95. The molecule has 0 saturated heterocycles. The Morgan fingerprint density at radius 1 is 0.850 bits per heavy atom. The van der Waals surface area contributed by atoms with E-state index in [0.29, 0.717) is 0 Å². The molecule has 0 heteroatoms. The Kier molecular flexibility index (Phi) is 7.76. The molecule has 20 heavy (non-hydrogen) atoms. The standard InChI is InChI=1S/C20H35/c1-2-3-4-5-6-7-8-9-10-11-12-13-19-16-18-14-15-20(19)17-18/h13,18H,2-12,14-17H2,1H3. The minimum Gasteiger partial charge on any atom is -0.0704 e. The molecule has 0 aromatic heterocycles. The van der Waals surface area contributed by atoms with E-state index in [1.54, 1.807) is 5.57 Å². The monoisotopic (exact) mass is 275 g/mol. The summed E-state index contributed by atoms with van der Waals surface area (Å²) in [5, 5.41) is 0. The van der Waals surface area contributed by atoms with Gasteiger partial charge >= 0.3 is 0 Å². The van der Waals surface area contributed by atoms with Crippen LogP contribution >= 0.6 is 0 Å². The highest BCUT2D eigenvalue weighted by molar-refractivity contribution is 5.31. The van der Waals surface area contributed by atoms with Crippen LogP contribution < -0.4 is 0 Å². The van der Waals surface area contributed by atoms with Crippen molar-refractivity contribution in [3.8, 4) is 0 Å². The Hall–Kier alpha value is -0.260. The zero-order valence-corrected chi connectivity index (χ0v) is 13.8. The average molecular weight is 276 g/mol. The van der Waals surface area contributed by atoms with Crippen LogP contribution in [0.25, 0.3) is 0 Å². The van der Waals surface area contributed by atoms with Gasteiger partial charge in [-0.2, -0.15) is 0 Å². The van der Waals surface area contributed by atoms with E-state index in [-0.39, 0.29) is 0 Å². The molecule has 2 bridgehead atoms. The normalized spacial score (nSPS) is 21.1. The second kappa shape index (κ2) is 9.64. The molecule has 0 heterocycles. The Morgan fingerprint density at radius 2 is 1.50 bits per heavy atom. The van der Waals surface area contributed by atoms with E-state index in [4.69, 9.17) is 0 Å². The van der Waals surface area contributed by atoms with Crippen molar-refractivity contribution in [2.45, 2.75) is 103 Å². The summed E-state index contributed by atoms with van der Waals surface area (Å²) in [6.07, 6.45) is 24.2. The average Bonchev–Trinajstić information content (AvgIpc) is 3.07. The topological polar surface area (TPSA) is 0 Å². The molecule has 0 nitrogen and oxygen atoms in total. The molecule has 115 valence electrons. The van der Waals surface area contributed by atoms with Gasteiger partial charge in [0.25, 0.3) is 0 Å². The zero-order valence-electron chi connectivity index (χ0n) is 13.8. The van der Waals surface area contributed by atoms with Crippen LogP contribution in [-0.4, -0.2) is 0 Å². The van der Waals surface area contributed by atoms with Crippen molar-refractivity contribution in [2.24, 2.45) is 5.92 Å². The van der Waals surface area contributed by atoms with Crippen LogP contribution in [-0.2, 0) is 0 Å². The Morgan fingerprint density at radius 3 is 2.05 bits per heavy atom. The fourth-order valence-electron chi connectivity index (χ4n) is 3.99. The van der Waals surface area contributed by atoms with E-state index in [1.807, 2.05) is 5.57 Å². The van der Waals surface area contributed by atoms with Gasteiger partial charge in [-0.05, 0) is 44.4 Å². The molecule has 0 aromatic rings. The molecular weight excluding hydrogens is 240 g/mol. The van der Waals surface area contributed by atoms with Crippen molar-refractivity contribution < 1.29 is 0 Å². The van der Waals surface area contributed by atoms with Crippen molar-refractivity contribution in [2.75, 3.05) is 0 Å². The maximum atomic E-state index is 2.58. The van der Waals surface area contributed by atoms with E-state index >= 15 is 0 Å². The minimum atomic E-state index is 1.05. The SMILES string of the molecule is CCCCCCCCCCCC[CH]C1=C2CCC(C1)C2. The lowest BCUT2D eigenvalue weighted by molar-refractivity contribution is 0.550. The van der Waals surface area contributed by atoms with Crippen molar-refractivity contribution in [3.63, 3.8) is 0 Å². The number of allylic oxidation sites excluding steroid dienone is 2. The number of rotatable bonds is 12. The fraction of sp³-hybridized carbons (Fsp3) is 0.850. The molecule has 0 aliphatic heterocycles. The van der Waals surface area contributed by atoms with Crippen LogP contribution in [0.1, 0.15) is 103 Å². The summed E-state index contributed by atoms with van der Waals surface area (Å²) in [5.74, 6) is 1.05. The van der Waals surface area contributed by atoms with Crippen molar-refractivity contribution in [3.05, 3.63) is 17.6 Å². The van der Waals surface area contributed by atoms with E-state index in [2.05, 4.69) is 13.3 Å². The minimum absolute atomic E-state index is 1.05. The van der Waals surface area contributed by atoms with Gasteiger partial charge < -0.3 is 0 Å². The van der Waals surface area contributed by atoms with Gasteiger partial charge in [0.2, 0.25) is 0 Å². The number of hydrogen-bond acceptors (Lipinski definition) is 0. The van der Waals surface area contributed by atoms with Crippen LogP contribution in [0.15, 0.2) is 11.1 Å². The molecule has 0 aromatic carbocycles. The Balaban J connectivity index is 1.34. The van der Waals surface area contributed by atoms with Crippen LogP contribution in [0.5, 0.6) is 0 Å². The number of fused-ring (bicyclic) bond motifs is 2. The van der Waals surface area contributed by atoms with Gasteiger partial charge in [0.15, 0.2) is 0 Å². The van der Waals surface area contributed by atoms with E-state index in [1.165, 1.54) is 96.3 Å². The van der Waals surface area contributed by atoms with Gasteiger partial charge in [0.1, 0.15) is 0 Å². The molecule has 0 spiro atoms. The van der Waals surface area contributed by atoms with Crippen LogP contribution in [0.2, 0.25) is 0 Å². The van der Waals surface area contributed by atoms with Crippen molar-refractivity contribution in [1.82, 2.24) is 0 Å². The number of unbranched alkanes of at least 4 members (excludes halogenated alkanes) is 10. The van der Waals surface area contributed by atoms with Gasteiger partial charge in [-0.15, -0.1) is 0 Å². The highest BCUT2D eigenvalue weighted by Crippen LogP contribution is 2.45. The fourth-order valence-corrected chi connectivity index (χ4v) is 3.99. The van der Waals surface area contributed by atoms with E-state index in [9.17, 15) is 0 Å². The first-order valence-corrected chi connectivity index (χ1v) is 9.44. The molecule has 2 aliphatic carbocycles. The second-order valence-electron chi connectivity index (χ2n) is 7.12. The molecule has 2 aliphatic rings. The first kappa shape index (κ1) is 16.1. The van der Waals surface area contributed by atoms with E-state index in [0.717, 1.165) is 5.92 Å². The van der Waals surface area contributed by atoms with Crippen molar-refractivity contribution >= 4 is 0 Å². The molecule has 1 unspecified atom stereocenters. The molecular formula is C20H35. The third-order valence-corrected chi connectivity index (χ3v) is 5.30. The summed E-state index contributed by atoms with van der Waals surface area (Å²) < 4.78 is 0. The lowest BCUT2D eigenvalue weighted by Gasteiger charge is -2.11. The number of hydrogen-bond donors (Lipinski definition) is 0. The van der Waals surface area contributed by atoms with Gasteiger partial charge in [0, 0.05) is 0 Å². The molecule has 2 rings (SSSR count). The second-order valence-corrected chi connectivity index (χ2v) is 7.12. The maximum Gasteiger partial charge on any atom is -0.0135 e. The van der Waals surface area contributed by atoms with Crippen LogP contribution in [0.4, 0.5) is 0 Å². The summed E-state index contributed by atoms with van der Waals surface area (Å²) in [7, 11) is 0. The summed E-state index contributed by atoms with van der Waals surface area (Å²) in [6, 6.07) is 0. The van der Waals surface area contributed by atoms with Crippen LogP contribution in [0.3, 0.4) is 0 Å². The molecule has 1 radical (unpaired) electrons. The largest absolute Gasteiger partial charge is 0.0704 e. The third-order valence-electron chi connectivity index (χ3n) is 5.30. The highest BCUT2D eigenvalue weighted by Gasteiger charge is 2.29. The quantitative estimate of drug-likeness (QED) is 0.336. The first-order chi connectivity index (χ1) is 9.90. The van der Waals surface area contributed by atoms with Gasteiger partial charge in [0.05, 0.1) is 0 Å². The predicted octanol–water partition coefficient (Wildman–Crippen LogP) is 7.00. The smallest absolute Gasteiger partial charge is 0.0135 e. The highest BCUT2D eigenvalue weighted by atomic mass is 14.3. The maximum absolute atomic E-state index is 2.58. The van der Waals surface area contributed by atoms with Gasteiger partial charge in [-0.25, -0.2) is 0 Å². The van der Waals surface area contributed by atoms with Crippen LogP contribution in [0, 0.1) is 12.3 Å². The lowest BCUT2D eigenvalue weighted by Crippen LogP contribution is -1.95. The predicted molar refractivity (Wildman–Crippen MR) is 89.7 cm³/mol. The van der Waals surface area contributed by atoms with Gasteiger partial charge in [-0.3, -0.25) is 0 Å². The molecule has 1 atom stereocenters. The molecule has 1 saturated carbocycles. The third kappa shape index (κ3) is 5.62. The molecule has 1 fully saturated rings. The summed E-state index contributed by atoms with van der Waals surface area (Å²) in [6.45, 7) is 2.30. The molecule has 0 N–H and O–H groups in total. The molecule has 0 amide bonds. The van der Waals surface area contributed by atoms with E-state index < -0.39 is 0 Å². The van der Waals surface area contributed by atoms with Crippen molar-refractivity contribution in [1.29, 1.82) is 0 Å². The zero-order chi connectivity index (χ0) is 14.0. The Bertz CT molecular complexity index is 286. The van der Waals surface area contributed by atoms with Gasteiger partial charge in [-0.1, -0.05) is 82.3 Å². The summed E-state index contributed by atoms with van der Waals surface area (Å²) in [4.78, 5) is 0. The Labute approximate surface area is 127 Å². The summed E-state index contributed by atoms with van der Waals surface area (Å²) in [5.41, 5.74) is 3.58. The summed E-state index contributed by atoms with van der Waals surface area (Å²) >= 11 is 0. The first-order valence-electron chi connectivity index (χ1n) is 9.44.